The first-order valence-electron chi connectivity index (χ1n) is 10.7. The summed E-state index contributed by atoms with van der Waals surface area (Å²) in [5, 5.41) is 23.8. The Morgan fingerprint density at radius 2 is 2.03 bits per heavy atom. The summed E-state index contributed by atoms with van der Waals surface area (Å²) in [6, 6.07) is 2.46. The van der Waals surface area contributed by atoms with Crippen molar-refractivity contribution >= 4 is 22.8 Å². The molecule has 34 heavy (non-hydrogen) atoms. The minimum Gasteiger partial charge on any atom is -0.496 e. The van der Waals surface area contributed by atoms with Crippen LogP contribution in [0, 0.1) is 5.82 Å². The van der Waals surface area contributed by atoms with Gasteiger partial charge in [-0.15, -0.1) is 0 Å². The SMILES string of the molecule is COc1ccc(F)c(Cl)c1[C@@H](CF)c1c[nH]c2ncc(-c3cnn(C4C[C@@H](O)[C@@H](O)C4)c3)nc12. The van der Waals surface area contributed by atoms with Gasteiger partial charge >= 0.3 is 0 Å². The molecule has 11 heteroatoms. The average Bonchev–Trinajstić information content (AvgIpc) is 3.56. The smallest absolute Gasteiger partial charge is 0.156 e. The van der Waals surface area contributed by atoms with E-state index in [0.717, 1.165) is 0 Å². The number of aliphatic hydroxyl groups excluding tert-OH is 2. The summed E-state index contributed by atoms with van der Waals surface area (Å²) in [7, 11) is 1.41. The Morgan fingerprint density at radius 1 is 1.26 bits per heavy atom. The predicted molar refractivity (Wildman–Crippen MR) is 121 cm³/mol. The number of alkyl halides is 1. The van der Waals surface area contributed by atoms with Crippen LogP contribution < -0.4 is 4.74 Å². The largest absolute Gasteiger partial charge is 0.496 e. The van der Waals surface area contributed by atoms with Crippen molar-refractivity contribution in [2.24, 2.45) is 0 Å². The van der Waals surface area contributed by atoms with E-state index in [-0.39, 0.29) is 22.4 Å². The molecule has 178 valence electrons. The highest BCUT2D eigenvalue weighted by Crippen LogP contribution is 2.41. The molecule has 0 spiro atoms. The van der Waals surface area contributed by atoms with E-state index in [0.29, 0.717) is 40.8 Å². The molecule has 0 amide bonds. The van der Waals surface area contributed by atoms with E-state index < -0.39 is 30.6 Å². The fourth-order valence-electron chi connectivity index (χ4n) is 4.54. The molecule has 1 saturated carbocycles. The molecule has 4 atom stereocenters. The van der Waals surface area contributed by atoms with Gasteiger partial charge in [0.1, 0.15) is 23.8 Å². The number of aromatic amines is 1. The number of hydrogen-bond donors (Lipinski definition) is 3. The Labute approximate surface area is 198 Å². The maximum absolute atomic E-state index is 14.4. The van der Waals surface area contributed by atoms with Crippen molar-refractivity contribution in [1.29, 1.82) is 0 Å². The van der Waals surface area contributed by atoms with E-state index in [1.807, 2.05) is 0 Å². The summed E-state index contributed by atoms with van der Waals surface area (Å²) in [4.78, 5) is 12.1. The van der Waals surface area contributed by atoms with Gasteiger partial charge in [0.2, 0.25) is 0 Å². The monoisotopic (exact) mass is 489 g/mol. The zero-order valence-electron chi connectivity index (χ0n) is 18.1. The summed E-state index contributed by atoms with van der Waals surface area (Å²) >= 11 is 6.22. The van der Waals surface area contributed by atoms with Gasteiger partial charge in [-0.2, -0.15) is 5.10 Å². The Balaban J connectivity index is 1.54. The summed E-state index contributed by atoms with van der Waals surface area (Å²) < 4.78 is 35.6. The molecule has 3 heterocycles. The first-order valence-corrected chi connectivity index (χ1v) is 11.1. The lowest BCUT2D eigenvalue weighted by Crippen LogP contribution is -2.17. The van der Waals surface area contributed by atoms with E-state index in [1.54, 1.807) is 29.5 Å². The molecule has 5 rings (SSSR count). The van der Waals surface area contributed by atoms with Crippen LogP contribution in [0.3, 0.4) is 0 Å². The van der Waals surface area contributed by atoms with Crippen LogP contribution in [0.15, 0.2) is 36.9 Å². The number of rotatable bonds is 6. The molecule has 1 aliphatic rings. The van der Waals surface area contributed by atoms with Gasteiger partial charge in [-0.25, -0.2) is 14.4 Å². The van der Waals surface area contributed by atoms with Crippen LogP contribution in [0.5, 0.6) is 5.75 Å². The molecule has 1 aliphatic carbocycles. The molecule has 0 aliphatic heterocycles. The second kappa shape index (κ2) is 8.94. The molecule has 3 aromatic heterocycles. The first-order chi connectivity index (χ1) is 16.4. The average molecular weight is 490 g/mol. The molecular formula is C23H22ClF2N5O3. The van der Waals surface area contributed by atoms with Crippen LogP contribution in [-0.2, 0) is 0 Å². The highest BCUT2D eigenvalue weighted by molar-refractivity contribution is 6.31. The number of nitrogens with one attached hydrogen (secondary N) is 1. The number of aromatic nitrogens is 5. The minimum absolute atomic E-state index is 0.128. The normalized spacial score (nSPS) is 21.3. The summed E-state index contributed by atoms with van der Waals surface area (Å²) in [5.74, 6) is -1.33. The number of H-pyrrole nitrogens is 1. The Morgan fingerprint density at radius 3 is 2.74 bits per heavy atom. The maximum atomic E-state index is 14.4. The molecule has 1 unspecified atom stereocenters. The lowest BCUT2D eigenvalue weighted by atomic mass is 9.92. The van der Waals surface area contributed by atoms with Crippen molar-refractivity contribution in [3.8, 4) is 17.0 Å². The third-order valence-electron chi connectivity index (χ3n) is 6.34. The van der Waals surface area contributed by atoms with E-state index in [9.17, 15) is 19.0 Å². The number of methoxy groups -OCH3 is 1. The van der Waals surface area contributed by atoms with Crippen LogP contribution >= 0.6 is 11.6 Å². The van der Waals surface area contributed by atoms with Crippen LogP contribution in [0.4, 0.5) is 8.78 Å². The molecule has 4 aromatic rings. The molecule has 0 bridgehead atoms. The molecule has 3 N–H and O–H groups in total. The molecule has 1 aromatic carbocycles. The van der Waals surface area contributed by atoms with Crippen LogP contribution in [-0.4, -0.2) is 60.9 Å². The van der Waals surface area contributed by atoms with Crippen molar-refractivity contribution in [3.05, 3.63) is 58.9 Å². The zero-order valence-corrected chi connectivity index (χ0v) is 18.9. The molecule has 0 saturated heterocycles. The van der Waals surface area contributed by atoms with Crippen LogP contribution in [0.1, 0.15) is 35.9 Å². The van der Waals surface area contributed by atoms with E-state index in [4.69, 9.17) is 16.3 Å². The Bertz CT molecular complexity index is 1330. The highest BCUT2D eigenvalue weighted by Gasteiger charge is 2.33. The Hall–Kier alpha value is -3.08. The van der Waals surface area contributed by atoms with Gasteiger partial charge in [0.15, 0.2) is 5.65 Å². The number of fused-ring (bicyclic) bond motifs is 1. The fourth-order valence-corrected chi connectivity index (χ4v) is 4.82. The second-order valence-corrected chi connectivity index (χ2v) is 8.73. The van der Waals surface area contributed by atoms with Crippen molar-refractivity contribution < 1.29 is 23.7 Å². The van der Waals surface area contributed by atoms with Gasteiger partial charge in [0, 0.05) is 35.0 Å². The van der Waals surface area contributed by atoms with Crippen molar-refractivity contribution in [2.45, 2.75) is 37.0 Å². The topological polar surface area (TPSA) is 109 Å². The van der Waals surface area contributed by atoms with E-state index in [1.165, 1.54) is 19.2 Å². The van der Waals surface area contributed by atoms with Gasteiger partial charge in [0.05, 0.1) is 48.5 Å². The first kappa shape index (κ1) is 22.7. The van der Waals surface area contributed by atoms with E-state index in [2.05, 4.69) is 20.1 Å². The number of benzene rings is 1. The fraction of sp³-hybridized carbons (Fsp3) is 0.348. The number of ether oxygens (including phenoxy) is 1. The summed E-state index contributed by atoms with van der Waals surface area (Å²) in [6.07, 6.45) is 5.81. The molecule has 8 nitrogen and oxygen atoms in total. The van der Waals surface area contributed by atoms with Gasteiger partial charge in [-0.05, 0) is 25.0 Å². The lowest BCUT2D eigenvalue weighted by Gasteiger charge is -2.18. The van der Waals surface area contributed by atoms with Crippen molar-refractivity contribution in [1.82, 2.24) is 24.7 Å². The molecule has 0 radical (unpaired) electrons. The van der Waals surface area contributed by atoms with Crippen molar-refractivity contribution in [2.75, 3.05) is 13.8 Å². The maximum Gasteiger partial charge on any atom is 0.156 e. The second-order valence-electron chi connectivity index (χ2n) is 8.35. The van der Waals surface area contributed by atoms with Crippen LogP contribution in [0.2, 0.25) is 5.02 Å². The zero-order chi connectivity index (χ0) is 24.0. The molecular weight excluding hydrogens is 468 g/mol. The van der Waals surface area contributed by atoms with Gasteiger partial charge in [0.25, 0.3) is 0 Å². The minimum atomic E-state index is -0.930. The summed E-state index contributed by atoms with van der Waals surface area (Å²) in [6.45, 7) is -0.858. The third kappa shape index (κ3) is 3.81. The Kier molecular flexibility index (Phi) is 5.97. The van der Waals surface area contributed by atoms with Gasteiger partial charge in [-0.1, -0.05) is 11.6 Å². The van der Waals surface area contributed by atoms with Gasteiger partial charge < -0.3 is 19.9 Å². The van der Waals surface area contributed by atoms with Gasteiger partial charge in [-0.3, -0.25) is 9.07 Å². The lowest BCUT2D eigenvalue weighted by molar-refractivity contribution is 0.0438. The number of aliphatic hydroxyl groups is 2. The predicted octanol–water partition coefficient (Wildman–Crippen LogP) is 3.78. The third-order valence-corrected chi connectivity index (χ3v) is 6.73. The quantitative estimate of drug-likeness (QED) is 0.380. The number of halogens is 3. The van der Waals surface area contributed by atoms with Crippen molar-refractivity contribution in [3.63, 3.8) is 0 Å². The standard InChI is InChI=1S/C23H22ClF2N5O3/c1-34-19-3-2-15(26)21(24)20(19)13(6-25)14-8-27-23-22(14)30-16(9-28-23)11-7-29-31(10-11)12-4-17(32)18(33)5-12/h2-3,7-10,12-13,17-18,32-33H,4-6H2,1H3,(H,27,28)/t12?,13-,17-,18+/m0/s1. The molecule has 1 fully saturated rings. The number of nitrogens with zero attached hydrogens (tertiary/aromatic N) is 4. The van der Waals surface area contributed by atoms with Crippen LogP contribution in [0.25, 0.3) is 22.4 Å². The van der Waals surface area contributed by atoms with E-state index >= 15 is 0 Å². The highest BCUT2D eigenvalue weighted by atomic mass is 35.5. The summed E-state index contributed by atoms with van der Waals surface area (Å²) in [5.41, 5.74) is 2.71. The number of hydrogen-bond acceptors (Lipinski definition) is 6.